The maximum absolute atomic E-state index is 9.90. The van der Waals surface area contributed by atoms with Gasteiger partial charge in [-0.05, 0) is 30.7 Å². The van der Waals surface area contributed by atoms with Gasteiger partial charge in [0.2, 0.25) is 0 Å². The van der Waals surface area contributed by atoms with E-state index in [9.17, 15) is 5.11 Å². The van der Waals surface area contributed by atoms with Gasteiger partial charge < -0.3 is 5.11 Å². The predicted octanol–water partition coefficient (Wildman–Crippen LogP) is 3.41. The molecule has 0 radical (unpaired) electrons. The fourth-order valence-electron chi connectivity index (χ4n) is 1.37. The number of thioether (sulfide) groups is 1. The van der Waals surface area contributed by atoms with Crippen LogP contribution in [0.4, 0.5) is 0 Å². The lowest BCUT2D eigenvalue weighted by molar-refractivity contribution is 0.166. The molecule has 0 amide bonds. The summed E-state index contributed by atoms with van der Waals surface area (Å²) in [7, 11) is 0. The molecule has 0 aliphatic rings. The first-order valence-corrected chi connectivity index (χ1v) is 5.94. The van der Waals surface area contributed by atoms with E-state index in [0.29, 0.717) is 0 Å². The molecule has 0 saturated heterocycles. The molecule has 0 spiro atoms. The summed E-state index contributed by atoms with van der Waals surface area (Å²) < 4.78 is 0. The molecule has 1 N–H and O–H groups in total. The second-order valence-electron chi connectivity index (χ2n) is 3.12. The van der Waals surface area contributed by atoms with Crippen molar-refractivity contribution in [1.82, 2.24) is 0 Å². The third-order valence-corrected chi connectivity index (χ3v) is 2.95. The van der Waals surface area contributed by atoms with Gasteiger partial charge in [0.15, 0.2) is 0 Å². The van der Waals surface area contributed by atoms with Crippen LogP contribution in [0.25, 0.3) is 0 Å². The Morgan fingerprint density at radius 3 is 2.86 bits per heavy atom. The van der Waals surface area contributed by atoms with Crippen LogP contribution in [0.15, 0.2) is 41.8 Å². The third-order valence-electron chi connectivity index (χ3n) is 2.14. The van der Waals surface area contributed by atoms with Crippen molar-refractivity contribution in [3.63, 3.8) is 0 Å². The summed E-state index contributed by atoms with van der Waals surface area (Å²) in [6, 6.07) is 7.98. The summed E-state index contributed by atoms with van der Waals surface area (Å²) in [6.45, 7) is 3.65. The van der Waals surface area contributed by atoms with Crippen molar-refractivity contribution >= 4 is 11.8 Å². The Morgan fingerprint density at radius 1 is 1.50 bits per heavy atom. The van der Waals surface area contributed by atoms with Crippen molar-refractivity contribution in [1.29, 1.82) is 0 Å². The molecule has 1 rings (SSSR count). The summed E-state index contributed by atoms with van der Waals surface area (Å²) >= 11 is 1.67. The number of hydrogen-bond acceptors (Lipinski definition) is 2. The Labute approximate surface area is 89.8 Å². The van der Waals surface area contributed by atoms with Gasteiger partial charge >= 0.3 is 0 Å². The van der Waals surface area contributed by atoms with Gasteiger partial charge in [-0.1, -0.05) is 24.3 Å². The number of hydrogen-bond donors (Lipinski definition) is 1. The molecule has 0 fully saturated rings. The zero-order chi connectivity index (χ0) is 10.4. The minimum absolute atomic E-state index is 0.364. The van der Waals surface area contributed by atoms with Crippen molar-refractivity contribution in [3.8, 4) is 0 Å². The average molecular weight is 208 g/mol. The van der Waals surface area contributed by atoms with Crippen LogP contribution in [0, 0.1) is 0 Å². The van der Waals surface area contributed by atoms with Crippen LogP contribution in [-0.4, -0.2) is 11.4 Å². The summed E-state index contributed by atoms with van der Waals surface area (Å²) in [5.74, 6) is 0. The van der Waals surface area contributed by atoms with Crippen LogP contribution in [-0.2, 0) is 0 Å². The Balaban J connectivity index is 2.77. The van der Waals surface area contributed by atoms with Gasteiger partial charge in [-0.3, -0.25) is 0 Å². The first-order chi connectivity index (χ1) is 6.79. The van der Waals surface area contributed by atoms with Crippen LogP contribution >= 0.6 is 11.8 Å². The quantitative estimate of drug-likeness (QED) is 0.591. The molecule has 0 saturated carbocycles. The number of aliphatic hydroxyl groups excluding tert-OH is 1. The van der Waals surface area contributed by atoms with E-state index in [1.807, 2.05) is 36.6 Å². The standard InChI is InChI=1S/C12H16OS/c1-3-4-8-11(13)10-7-5-6-9-12(10)14-2/h3,5-7,9,11,13H,1,4,8H2,2H3. The van der Waals surface area contributed by atoms with Gasteiger partial charge in [-0.2, -0.15) is 0 Å². The Hall–Kier alpha value is -0.730. The molecule has 76 valence electrons. The van der Waals surface area contributed by atoms with Crippen molar-refractivity contribution in [3.05, 3.63) is 42.5 Å². The van der Waals surface area contributed by atoms with E-state index in [-0.39, 0.29) is 6.10 Å². The molecule has 0 bridgehead atoms. The molecular formula is C12H16OS. The molecule has 1 unspecified atom stereocenters. The van der Waals surface area contributed by atoms with Gasteiger partial charge in [0.05, 0.1) is 6.10 Å². The normalized spacial score (nSPS) is 12.4. The van der Waals surface area contributed by atoms with Gasteiger partial charge in [-0.25, -0.2) is 0 Å². The zero-order valence-electron chi connectivity index (χ0n) is 8.44. The van der Waals surface area contributed by atoms with Crippen LogP contribution in [0.3, 0.4) is 0 Å². The molecule has 14 heavy (non-hydrogen) atoms. The van der Waals surface area contributed by atoms with Crippen LogP contribution in [0.2, 0.25) is 0 Å². The van der Waals surface area contributed by atoms with E-state index in [1.54, 1.807) is 11.8 Å². The number of allylic oxidation sites excluding steroid dienone is 1. The van der Waals surface area contributed by atoms with E-state index in [2.05, 4.69) is 6.58 Å². The third kappa shape index (κ3) is 2.89. The first-order valence-electron chi connectivity index (χ1n) is 4.71. The summed E-state index contributed by atoms with van der Waals surface area (Å²) in [6.07, 6.45) is 5.10. The lowest BCUT2D eigenvalue weighted by Gasteiger charge is -2.13. The molecule has 0 aliphatic heterocycles. The van der Waals surface area contributed by atoms with Gasteiger partial charge in [0.1, 0.15) is 0 Å². The highest BCUT2D eigenvalue weighted by atomic mass is 32.2. The fraction of sp³-hybridized carbons (Fsp3) is 0.333. The maximum atomic E-state index is 9.90. The Bertz CT molecular complexity index is 296. The second-order valence-corrected chi connectivity index (χ2v) is 3.97. The zero-order valence-corrected chi connectivity index (χ0v) is 9.26. The molecule has 0 aromatic heterocycles. The molecule has 1 atom stereocenters. The summed E-state index contributed by atoms with van der Waals surface area (Å²) in [4.78, 5) is 1.16. The molecule has 0 heterocycles. The smallest absolute Gasteiger partial charge is 0.0803 e. The monoisotopic (exact) mass is 208 g/mol. The van der Waals surface area contributed by atoms with Crippen LogP contribution < -0.4 is 0 Å². The Morgan fingerprint density at radius 2 is 2.21 bits per heavy atom. The van der Waals surface area contributed by atoms with Crippen molar-refractivity contribution in [2.75, 3.05) is 6.26 Å². The van der Waals surface area contributed by atoms with E-state index in [0.717, 1.165) is 23.3 Å². The van der Waals surface area contributed by atoms with Crippen molar-refractivity contribution < 1.29 is 5.11 Å². The van der Waals surface area contributed by atoms with E-state index < -0.39 is 0 Å². The number of rotatable bonds is 5. The average Bonchev–Trinajstić information content (AvgIpc) is 2.25. The van der Waals surface area contributed by atoms with Gasteiger partial charge in [0, 0.05) is 4.90 Å². The van der Waals surface area contributed by atoms with Gasteiger partial charge in [-0.15, -0.1) is 18.3 Å². The van der Waals surface area contributed by atoms with Crippen LogP contribution in [0.1, 0.15) is 24.5 Å². The van der Waals surface area contributed by atoms with E-state index >= 15 is 0 Å². The van der Waals surface area contributed by atoms with Crippen LogP contribution in [0.5, 0.6) is 0 Å². The molecule has 1 aromatic carbocycles. The second kappa shape index (κ2) is 5.89. The summed E-state index contributed by atoms with van der Waals surface area (Å²) in [5.41, 5.74) is 1.03. The van der Waals surface area contributed by atoms with Crippen molar-refractivity contribution in [2.45, 2.75) is 23.8 Å². The molecule has 0 aliphatic carbocycles. The number of benzene rings is 1. The van der Waals surface area contributed by atoms with Crippen molar-refractivity contribution in [2.24, 2.45) is 0 Å². The maximum Gasteiger partial charge on any atom is 0.0803 e. The van der Waals surface area contributed by atoms with Gasteiger partial charge in [0.25, 0.3) is 0 Å². The lowest BCUT2D eigenvalue weighted by Crippen LogP contribution is -1.98. The largest absolute Gasteiger partial charge is 0.388 e. The highest BCUT2D eigenvalue weighted by Crippen LogP contribution is 2.28. The molecule has 1 aromatic rings. The van der Waals surface area contributed by atoms with E-state index in [1.165, 1.54) is 0 Å². The topological polar surface area (TPSA) is 20.2 Å². The minimum Gasteiger partial charge on any atom is -0.388 e. The Kier molecular flexibility index (Phi) is 4.77. The molecular weight excluding hydrogens is 192 g/mol. The highest BCUT2D eigenvalue weighted by molar-refractivity contribution is 7.98. The molecule has 1 nitrogen and oxygen atoms in total. The van der Waals surface area contributed by atoms with E-state index in [4.69, 9.17) is 0 Å². The molecule has 2 heteroatoms. The minimum atomic E-state index is -0.364. The summed E-state index contributed by atoms with van der Waals surface area (Å²) in [5, 5.41) is 9.90. The SMILES string of the molecule is C=CCCC(O)c1ccccc1SC. The predicted molar refractivity (Wildman–Crippen MR) is 62.6 cm³/mol. The highest BCUT2D eigenvalue weighted by Gasteiger charge is 2.09. The fourth-order valence-corrected chi connectivity index (χ4v) is 2.03. The first kappa shape index (κ1) is 11.3. The lowest BCUT2D eigenvalue weighted by atomic mass is 10.1. The number of aliphatic hydroxyl groups is 1.